The molecule has 1 rings (SSSR count). The van der Waals surface area contributed by atoms with E-state index in [9.17, 15) is 5.11 Å². The van der Waals surface area contributed by atoms with Crippen molar-refractivity contribution in [1.29, 1.82) is 5.26 Å². The number of rotatable bonds is 4. The Morgan fingerprint density at radius 3 is 2.93 bits per heavy atom. The fourth-order valence-corrected chi connectivity index (χ4v) is 1.12. The first kappa shape index (κ1) is 11.5. The summed E-state index contributed by atoms with van der Waals surface area (Å²) in [7, 11) is 0. The van der Waals surface area contributed by atoms with Crippen molar-refractivity contribution in [2.45, 2.75) is 25.8 Å². The summed E-state index contributed by atoms with van der Waals surface area (Å²) < 4.78 is 0. The van der Waals surface area contributed by atoms with E-state index in [2.05, 4.69) is 10.3 Å². The van der Waals surface area contributed by atoms with Gasteiger partial charge in [-0.2, -0.15) is 5.26 Å². The molecule has 4 nitrogen and oxygen atoms in total. The van der Waals surface area contributed by atoms with Gasteiger partial charge in [0, 0.05) is 6.20 Å². The highest BCUT2D eigenvalue weighted by atomic mass is 16.3. The van der Waals surface area contributed by atoms with E-state index in [1.165, 1.54) is 0 Å². The van der Waals surface area contributed by atoms with Crippen LogP contribution in [0, 0.1) is 11.3 Å². The van der Waals surface area contributed by atoms with Crippen molar-refractivity contribution >= 4 is 5.82 Å². The van der Waals surface area contributed by atoms with Gasteiger partial charge in [-0.15, -0.1) is 0 Å². The van der Waals surface area contributed by atoms with Crippen LogP contribution in [0.25, 0.3) is 0 Å². The molecule has 80 valence electrons. The Morgan fingerprint density at radius 2 is 2.40 bits per heavy atom. The number of pyridine rings is 1. The molecule has 2 N–H and O–H groups in total. The molecule has 1 aromatic rings. The predicted molar refractivity (Wildman–Crippen MR) is 58.4 cm³/mol. The van der Waals surface area contributed by atoms with Crippen LogP contribution < -0.4 is 5.32 Å². The highest BCUT2D eigenvalue weighted by Gasteiger charge is 2.20. The van der Waals surface area contributed by atoms with Gasteiger partial charge in [-0.3, -0.25) is 0 Å². The quantitative estimate of drug-likeness (QED) is 0.782. The van der Waals surface area contributed by atoms with Crippen LogP contribution in [0.3, 0.4) is 0 Å². The Balaban J connectivity index is 2.85. The molecular formula is C11H15N3O. The van der Waals surface area contributed by atoms with Gasteiger partial charge >= 0.3 is 0 Å². The molecule has 1 atom stereocenters. The summed E-state index contributed by atoms with van der Waals surface area (Å²) >= 11 is 0. The summed E-state index contributed by atoms with van der Waals surface area (Å²) in [5.74, 6) is 0.618. The maximum absolute atomic E-state index is 9.22. The maximum atomic E-state index is 9.22. The third-order valence-corrected chi connectivity index (χ3v) is 2.45. The maximum Gasteiger partial charge on any atom is 0.127 e. The SMILES string of the molecule is CCC(C)(CO)Nc1cc(C#N)ccn1. The minimum atomic E-state index is -0.388. The van der Waals surface area contributed by atoms with Crippen molar-refractivity contribution in [3.8, 4) is 6.07 Å². The normalized spacial score (nSPS) is 14.0. The third-order valence-electron chi connectivity index (χ3n) is 2.45. The number of aliphatic hydroxyl groups is 1. The van der Waals surface area contributed by atoms with E-state index in [1.54, 1.807) is 18.3 Å². The van der Waals surface area contributed by atoms with Gasteiger partial charge in [-0.1, -0.05) is 6.92 Å². The number of anilines is 1. The summed E-state index contributed by atoms with van der Waals surface area (Å²) in [5, 5.41) is 21.1. The van der Waals surface area contributed by atoms with Gasteiger partial charge in [0.2, 0.25) is 0 Å². The van der Waals surface area contributed by atoms with Crippen LogP contribution in [0.1, 0.15) is 25.8 Å². The second-order valence-corrected chi connectivity index (χ2v) is 3.74. The first-order valence-corrected chi connectivity index (χ1v) is 4.89. The number of hydrogen-bond donors (Lipinski definition) is 2. The minimum Gasteiger partial charge on any atom is -0.394 e. The van der Waals surface area contributed by atoms with E-state index >= 15 is 0 Å². The zero-order valence-corrected chi connectivity index (χ0v) is 8.99. The minimum absolute atomic E-state index is 0.0297. The number of aliphatic hydroxyl groups excluding tert-OH is 1. The fourth-order valence-electron chi connectivity index (χ4n) is 1.12. The zero-order chi connectivity index (χ0) is 11.3. The second-order valence-electron chi connectivity index (χ2n) is 3.74. The van der Waals surface area contributed by atoms with Gasteiger partial charge in [0.05, 0.1) is 23.8 Å². The number of nitriles is 1. The van der Waals surface area contributed by atoms with Gasteiger partial charge in [-0.25, -0.2) is 4.98 Å². The van der Waals surface area contributed by atoms with Crippen LogP contribution in [0.5, 0.6) is 0 Å². The first-order valence-electron chi connectivity index (χ1n) is 4.89. The Bertz CT molecular complexity index is 366. The molecule has 0 amide bonds. The number of hydrogen-bond acceptors (Lipinski definition) is 4. The van der Waals surface area contributed by atoms with Crippen LogP contribution >= 0.6 is 0 Å². The number of nitrogens with zero attached hydrogens (tertiary/aromatic N) is 2. The van der Waals surface area contributed by atoms with E-state index in [0.717, 1.165) is 6.42 Å². The van der Waals surface area contributed by atoms with Crippen LogP contribution in [0.15, 0.2) is 18.3 Å². The van der Waals surface area contributed by atoms with Crippen LogP contribution in [0.2, 0.25) is 0 Å². The van der Waals surface area contributed by atoms with Gasteiger partial charge in [0.15, 0.2) is 0 Å². The van der Waals surface area contributed by atoms with Gasteiger partial charge < -0.3 is 10.4 Å². The summed E-state index contributed by atoms with van der Waals surface area (Å²) in [5.41, 5.74) is 0.171. The lowest BCUT2D eigenvalue weighted by atomic mass is 10.0. The first-order chi connectivity index (χ1) is 7.13. The molecule has 0 aromatic carbocycles. The molecule has 1 aromatic heterocycles. The topological polar surface area (TPSA) is 68.9 Å². The van der Waals surface area contributed by atoms with Crippen molar-refractivity contribution in [1.82, 2.24) is 4.98 Å². The average molecular weight is 205 g/mol. The lowest BCUT2D eigenvalue weighted by Gasteiger charge is -2.27. The Morgan fingerprint density at radius 1 is 1.67 bits per heavy atom. The standard InChI is InChI=1S/C11H15N3O/c1-3-11(2,8-15)14-10-6-9(7-12)4-5-13-10/h4-6,15H,3,8H2,1-2H3,(H,13,14). The third kappa shape index (κ3) is 2.93. The van der Waals surface area contributed by atoms with Gasteiger partial charge in [-0.05, 0) is 25.5 Å². The smallest absolute Gasteiger partial charge is 0.127 e. The van der Waals surface area contributed by atoms with Gasteiger partial charge in [0.25, 0.3) is 0 Å². The van der Waals surface area contributed by atoms with E-state index in [0.29, 0.717) is 11.4 Å². The Labute approximate surface area is 89.6 Å². The molecule has 0 saturated carbocycles. The van der Waals surface area contributed by atoms with E-state index in [4.69, 9.17) is 5.26 Å². The molecular weight excluding hydrogens is 190 g/mol. The molecule has 0 bridgehead atoms. The summed E-state index contributed by atoms with van der Waals surface area (Å²) in [6.45, 7) is 3.92. The summed E-state index contributed by atoms with van der Waals surface area (Å²) in [4.78, 5) is 4.09. The number of aromatic nitrogens is 1. The van der Waals surface area contributed by atoms with Crippen molar-refractivity contribution in [3.63, 3.8) is 0 Å². The molecule has 0 fully saturated rings. The van der Waals surface area contributed by atoms with E-state index in [-0.39, 0.29) is 12.1 Å². The highest BCUT2D eigenvalue weighted by Crippen LogP contribution is 2.16. The van der Waals surface area contributed by atoms with Crippen LogP contribution in [-0.4, -0.2) is 22.2 Å². The molecule has 0 aliphatic carbocycles. The fraction of sp³-hybridized carbons (Fsp3) is 0.455. The Hall–Kier alpha value is -1.60. The van der Waals surface area contributed by atoms with Crippen molar-refractivity contribution in [2.24, 2.45) is 0 Å². The Kier molecular flexibility index (Phi) is 3.64. The molecule has 15 heavy (non-hydrogen) atoms. The molecule has 4 heteroatoms. The largest absolute Gasteiger partial charge is 0.394 e. The lowest BCUT2D eigenvalue weighted by molar-refractivity contribution is 0.218. The van der Waals surface area contributed by atoms with Gasteiger partial charge in [0.1, 0.15) is 5.82 Å². The average Bonchev–Trinajstić information content (AvgIpc) is 2.29. The molecule has 0 saturated heterocycles. The zero-order valence-electron chi connectivity index (χ0n) is 8.99. The molecule has 0 radical (unpaired) electrons. The van der Waals surface area contributed by atoms with Crippen molar-refractivity contribution < 1.29 is 5.11 Å². The lowest BCUT2D eigenvalue weighted by Crippen LogP contribution is -2.38. The molecule has 1 unspecified atom stereocenters. The monoisotopic (exact) mass is 205 g/mol. The predicted octanol–water partition coefficient (Wildman–Crippen LogP) is 1.53. The molecule has 0 aliphatic heterocycles. The molecule has 0 aliphatic rings. The molecule has 1 heterocycles. The van der Waals surface area contributed by atoms with Crippen LogP contribution in [-0.2, 0) is 0 Å². The van der Waals surface area contributed by atoms with Crippen molar-refractivity contribution in [3.05, 3.63) is 23.9 Å². The summed E-state index contributed by atoms with van der Waals surface area (Å²) in [6.07, 6.45) is 2.36. The van der Waals surface area contributed by atoms with Crippen molar-refractivity contribution in [2.75, 3.05) is 11.9 Å². The number of nitrogens with one attached hydrogen (secondary N) is 1. The summed E-state index contributed by atoms with van der Waals surface area (Å²) in [6, 6.07) is 5.36. The molecule has 0 spiro atoms. The van der Waals surface area contributed by atoms with E-state index in [1.807, 2.05) is 19.9 Å². The second kappa shape index (κ2) is 4.76. The van der Waals surface area contributed by atoms with Crippen LogP contribution in [0.4, 0.5) is 5.82 Å². The highest BCUT2D eigenvalue weighted by molar-refractivity contribution is 5.44. The van der Waals surface area contributed by atoms with E-state index < -0.39 is 0 Å².